The molecule has 8 heteroatoms. The molecule has 2 rings (SSSR count). The van der Waals surface area contributed by atoms with Crippen LogP contribution in [0.5, 0.6) is 0 Å². The summed E-state index contributed by atoms with van der Waals surface area (Å²) in [6.45, 7) is 15.5. The molecule has 1 aromatic carbocycles. The fraction of sp³-hybridized carbons (Fsp3) is 0.129. The van der Waals surface area contributed by atoms with Gasteiger partial charge in [0, 0.05) is 34.2 Å². The van der Waals surface area contributed by atoms with Gasteiger partial charge in [-0.3, -0.25) is 14.5 Å². The van der Waals surface area contributed by atoms with Crippen LogP contribution in [0.25, 0.3) is 11.3 Å². The molecule has 0 atom stereocenters. The lowest BCUT2D eigenvalue weighted by molar-refractivity contribution is -0.138. The van der Waals surface area contributed by atoms with E-state index < -0.39 is 11.7 Å². The highest BCUT2D eigenvalue weighted by atomic mass is 19.4. The van der Waals surface area contributed by atoms with Crippen LogP contribution in [0.4, 0.5) is 19.0 Å². The third kappa shape index (κ3) is 7.64. The quantitative estimate of drug-likeness (QED) is 0.132. The van der Waals surface area contributed by atoms with Crippen molar-refractivity contribution in [1.82, 2.24) is 10.3 Å². The van der Waals surface area contributed by atoms with Crippen LogP contribution in [0.3, 0.4) is 0 Å². The first-order chi connectivity index (χ1) is 18.5. The van der Waals surface area contributed by atoms with E-state index in [0.29, 0.717) is 28.8 Å². The standard InChI is InChI=1S/C31H30F3N3O2/c1-7-12-25(10-4)35-29(17-18-38)37(26(13-8-2)14-9-3)30-21(5)27(31(32,33)34)20-28(36-30)24-16-11-15-23(19-24)22(6)39/h7-20,35H,1-2,4H2,3,5-6H3/b14-9-,25-12+,26-13+,29-17-. The number of hydrogen-bond acceptors (Lipinski definition) is 5. The van der Waals surface area contributed by atoms with Crippen molar-refractivity contribution in [3.05, 3.63) is 133 Å². The molecule has 0 saturated heterocycles. The first-order valence-corrected chi connectivity index (χ1v) is 11.9. The second-order valence-corrected chi connectivity index (χ2v) is 8.18. The number of ketones is 1. The molecular formula is C31H30F3N3O2. The Morgan fingerprint density at radius 3 is 2.31 bits per heavy atom. The molecule has 39 heavy (non-hydrogen) atoms. The third-order valence-electron chi connectivity index (χ3n) is 5.47. The van der Waals surface area contributed by atoms with Gasteiger partial charge in [-0.15, -0.1) is 0 Å². The first kappa shape index (κ1) is 30.5. The largest absolute Gasteiger partial charge is 0.416 e. The lowest BCUT2D eigenvalue weighted by Gasteiger charge is -2.31. The topological polar surface area (TPSA) is 62.3 Å². The highest BCUT2D eigenvalue weighted by Gasteiger charge is 2.36. The van der Waals surface area contributed by atoms with Gasteiger partial charge in [0.25, 0.3) is 0 Å². The van der Waals surface area contributed by atoms with Crippen molar-refractivity contribution in [2.45, 2.75) is 26.9 Å². The average molecular weight is 534 g/mol. The summed E-state index contributed by atoms with van der Waals surface area (Å²) in [4.78, 5) is 29.7. The molecule has 1 heterocycles. The van der Waals surface area contributed by atoms with Gasteiger partial charge in [-0.05, 0) is 57.2 Å². The van der Waals surface area contributed by atoms with Gasteiger partial charge in [-0.25, -0.2) is 4.98 Å². The Labute approximate surface area is 226 Å². The van der Waals surface area contributed by atoms with E-state index in [9.17, 15) is 22.8 Å². The van der Waals surface area contributed by atoms with Crippen LogP contribution in [0.15, 0.2) is 116 Å². The molecule has 0 amide bonds. The maximum Gasteiger partial charge on any atom is 0.416 e. The Morgan fingerprint density at radius 2 is 1.77 bits per heavy atom. The number of nitrogens with zero attached hydrogens (tertiary/aromatic N) is 2. The van der Waals surface area contributed by atoms with Crippen LogP contribution >= 0.6 is 0 Å². The number of nitrogens with one attached hydrogen (secondary N) is 1. The van der Waals surface area contributed by atoms with Crippen LogP contribution < -0.4 is 10.2 Å². The van der Waals surface area contributed by atoms with Crippen LogP contribution in [-0.2, 0) is 11.0 Å². The Bertz CT molecular complexity index is 1400. The number of hydrogen-bond donors (Lipinski definition) is 1. The minimum atomic E-state index is -4.72. The molecule has 0 aliphatic rings. The number of aromatic nitrogens is 1. The van der Waals surface area contributed by atoms with Crippen LogP contribution in [0.2, 0.25) is 0 Å². The highest BCUT2D eigenvalue weighted by Crippen LogP contribution is 2.39. The minimum absolute atomic E-state index is 0.00881. The summed E-state index contributed by atoms with van der Waals surface area (Å²) < 4.78 is 43.0. The monoisotopic (exact) mass is 533 g/mol. The predicted octanol–water partition coefficient (Wildman–Crippen LogP) is 7.62. The minimum Gasteiger partial charge on any atom is -0.341 e. The van der Waals surface area contributed by atoms with Crippen molar-refractivity contribution < 1.29 is 22.8 Å². The predicted molar refractivity (Wildman–Crippen MR) is 151 cm³/mol. The Morgan fingerprint density at radius 1 is 1.08 bits per heavy atom. The molecule has 0 spiro atoms. The number of carbonyl (C=O) groups is 2. The molecule has 2 aromatic rings. The zero-order chi connectivity index (χ0) is 29.2. The van der Waals surface area contributed by atoms with Crippen molar-refractivity contribution in [3.63, 3.8) is 0 Å². The Balaban J connectivity index is 3.05. The fourth-order valence-corrected chi connectivity index (χ4v) is 3.70. The molecule has 0 bridgehead atoms. The van der Waals surface area contributed by atoms with Crippen molar-refractivity contribution in [1.29, 1.82) is 0 Å². The van der Waals surface area contributed by atoms with Crippen molar-refractivity contribution in [2.75, 3.05) is 4.90 Å². The lowest BCUT2D eigenvalue weighted by Crippen LogP contribution is -2.32. The van der Waals surface area contributed by atoms with Crippen LogP contribution in [-0.4, -0.2) is 17.1 Å². The number of halogens is 3. The number of carbonyl (C=O) groups excluding carboxylic acids is 2. The number of aldehydes is 1. The Hall–Kier alpha value is -4.72. The van der Waals surface area contributed by atoms with E-state index in [4.69, 9.17) is 0 Å². The number of benzene rings is 1. The summed E-state index contributed by atoms with van der Waals surface area (Å²) in [5, 5.41) is 3.02. The van der Waals surface area contributed by atoms with Crippen LogP contribution in [0.1, 0.15) is 35.3 Å². The molecule has 0 unspecified atom stereocenters. The average Bonchev–Trinajstić information content (AvgIpc) is 2.89. The number of rotatable bonds is 12. The van der Waals surface area contributed by atoms with Crippen molar-refractivity contribution >= 4 is 17.9 Å². The Kier molecular flexibility index (Phi) is 10.7. The third-order valence-corrected chi connectivity index (χ3v) is 5.47. The van der Waals surface area contributed by atoms with E-state index in [1.54, 1.807) is 49.4 Å². The summed E-state index contributed by atoms with van der Waals surface area (Å²) in [5.41, 5.74) is 0.341. The van der Waals surface area contributed by atoms with Gasteiger partial charge in [-0.2, -0.15) is 13.2 Å². The molecular weight excluding hydrogens is 503 g/mol. The van der Waals surface area contributed by atoms with E-state index in [-0.39, 0.29) is 28.7 Å². The van der Waals surface area contributed by atoms with E-state index in [1.807, 2.05) is 0 Å². The van der Waals surface area contributed by atoms with Gasteiger partial charge in [0.2, 0.25) is 0 Å². The number of allylic oxidation sites excluding steroid dienone is 8. The second kappa shape index (κ2) is 13.7. The first-order valence-electron chi connectivity index (χ1n) is 11.9. The maximum absolute atomic E-state index is 14.3. The molecule has 5 nitrogen and oxygen atoms in total. The molecule has 0 aliphatic carbocycles. The molecule has 0 fully saturated rings. The van der Waals surface area contributed by atoms with Crippen LogP contribution in [0, 0.1) is 6.92 Å². The van der Waals surface area contributed by atoms with Crippen molar-refractivity contribution in [3.8, 4) is 11.3 Å². The van der Waals surface area contributed by atoms with E-state index in [0.717, 1.165) is 12.1 Å². The zero-order valence-corrected chi connectivity index (χ0v) is 22.0. The zero-order valence-electron chi connectivity index (χ0n) is 22.0. The molecule has 0 saturated carbocycles. The number of alkyl halides is 3. The van der Waals surface area contributed by atoms with Gasteiger partial charge < -0.3 is 5.32 Å². The summed E-state index contributed by atoms with van der Waals surface area (Å²) >= 11 is 0. The molecule has 0 aliphatic heterocycles. The highest BCUT2D eigenvalue weighted by molar-refractivity contribution is 5.95. The number of anilines is 1. The van der Waals surface area contributed by atoms with E-state index in [2.05, 4.69) is 30.0 Å². The summed E-state index contributed by atoms with van der Waals surface area (Å²) in [7, 11) is 0. The molecule has 0 radical (unpaired) electrons. The lowest BCUT2D eigenvalue weighted by atomic mass is 10.0. The summed E-state index contributed by atoms with van der Waals surface area (Å²) in [6, 6.07) is 7.17. The van der Waals surface area contributed by atoms with E-state index >= 15 is 0 Å². The smallest absolute Gasteiger partial charge is 0.341 e. The number of pyridine rings is 1. The fourth-order valence-electron chi connectivity index (χ4n) is 3.70. The SMILES string of the molecule is C=C/C=C(\C=C)N/C(=C/C=O)N(C(/C=C\C)=C/C=C)c1nc(-c2cccc(C(C)=O)c2)cc(C(F)(F)F)c1C. The molecule has 202 valence electrons. The van der Waals surface area contributed by atoms with Gasteiger partial charge >= 0.3 is 6.18 Å². The van der Waals surface area contributed by atoms with Gasteiger partial charge in [0.05, 0.1) is 11.3 Å². The number of Topliss-reactive ketones (excluding diaryl/α,β-unsaturated/α-hetero) is 1. The van der Waals surface area contributed by atoms with Gasteiger partial charge in [-0.1, -0.05) is 56.2 Å². The maximum atomic E-state index is 14.3. The normalized spacial score (nSPS) is 12.7. The summed E-state index contributed by atoms with van der Waals surface area (Å²) in [5.74, 6) is -0.234. The summed E-state index contributed by atoms with van der Waals surface area (Å²) in [6.07, 6.45) is 7.87. The van der Waals surface area contributed by atoms with Gasteiger partial charge in [0.1, 0.15) is 17.9 Å². The molecule has 1 aromatic heterocycles. The van der Waals surface area contributed by atoms with E-state index in [1.165, 1.54) is 43.0 Å². The second-order valence-electron chi connectivity index (χ2n) is 8.18. The molecule has 1 N–H and O–H groups in total. The van der Waals surface area contributed by atoms with Gasteiger partial charge in [0.15, 0.2) is 5.78 Å². The van der Waals surface area contributed by atoms with Crippen molar-refractivity contribution in [2.24, 2.45) is 0 Å².